The van der Waals surface area contributed by atoms with Crippen molar-refractivity contribution >= 4 is 22.4 Å². The molecule has 0 amide bonds. The third-order valence-corrected chi connectivity index (χ3v) is 2.97. The molecule has 0 aliphatic heterocycles. The Kier molecular flexibility index (Phi) is 6.64. The summed E-state index contributed by atoms with van der Waals surface area (Å²) in [5, 5.41) is 2.40. The average Bonchev–Trinajstić information content (AvgIpc) is 2.50. The third-order valence-electron chi connectivity index (χ3n) is 2.81. The maximum atomic E-state index is 5.65. The maximum Gasteiger partial charge on any atom is 0.120 e. The van der Waals surface area contributed by atoms with E-state index in [1.54, 1.807) is 0 Å². The molecule has 0 aliphatic carbocycles. The number of ether oxygens (including phenoxy) is 3. The van der Waals surface area contributed by atoms with Gasteiger partial charge >= 0.3 is 0 Å². The van der Waals surface area contributed by atoms with Crippen LogP contribution in [-0.2, 0) is 9.47 Å². The summed E-state index contributed by atoms with van der Waals surface area (Å²) in [6.07, 6.45) is 0. The molecule has 0 radical (unpaired) electrons. The monoisotopic (exact) mass is 294 g/mol. The van der Waals surface area contributed by atoms with Crippen LogP contribution in [0.3, 0.4) is 0 Å². The largest absolute Gasteiger partial charge is 0.491 e. The summed E-state index contributed by atoms with van der Waals surface area (Å²) in [5.41, 5.74) is 0. The smallest absolute Gasteiger partial charge is 0.120 e. The zero-order valence-electron chi connectivity index (χ0n) is 11.4. The molecule has 0 aromatic heterocycles. The Morgan fingerprint density at radius 1 is 0.750 bits per heavy atom. The Morgan fingerprint density at radius 2 is 1.45 bits per heavy atom. The Bertz CT molecular complexity index is 516. The lowest BCUT2D eigenvalue weighted by atomic mass is 10.1. The first-order valence-corrected chi connectivity index (χ1v) is 7.26. The van der Waals surface area contributed by atoms with Gasteiger partial charge in [0.1, 0.15) is 12.4 Å². The fraction of sp³-hybridized carbons (Fsp3) is 0.375. The van der Waals surface area contributed by atoms with E-state index in [1.165, 1.54) is 10.8 Å². The van der Waals surface area contributed by atoms with Crippen LogP contribution in [-0.4, -0.2) is 38.9 Å². The molecule has 20 heavy (non-hydrogen) atoms. The van der Waals surface area contributed by atoms with Crippen molar-refractivity contribution in [2.24, 2.45) is 0 Å². The number of hydrogen-bond donors (Lipinski definition) is 0. The minimum atomic E-state index is 0.519. The van der Waals surface area contributed by atoms with E-state index in [9.17, 15) is 0 Å². The summed E-state index contributed by atoms with van der Waals surface area (Å²) >= 11 is 5.49. The highest BCUT2D eigenvalue weighted by atomic mass is 35.5. The molecular weight excluding hydrogens is 276 g/mol. The van der Waals surface area contributed by atoms with Gasteiger partial charge in [-0.05, 0) is 22.9 Å². The molecule has 2 rings (SSSR count). The lowest BCUT2D eigenvalue weighted by molar-refractivity contribution is 0.0410. The molecule has 0 spiro atoms. The van der Waals surface area contributed by atoms with Crippen LogP contribution in [0.2, 0.25) is 0 Å². The van der Waals surface area contributed by atoms with E-state index in [0.717, 1.165) is 5.75 Å². The molecule has 0 saturated heterocycles. The van der Waals surface area contributed by atoms with Crippen LogP contribution in [0.25, 0.3) is 10.8 Å². The Balaban J connectivity index is 1.65. The van der Waals surface area contributed by atoms with E-state index < -0.39 is 0 Å². The van der Waals surface area contributed by atoms with Crippen molar-refractivity contribution in [2.75, 3.05) is 38.9 Å². The minimum Gasteiger partial charge on any atom is -0.491 e. The molecule has 0 heterocycles. The molecule has 0 N–H and O–H groups in total. The number of benzene rings is 2. The summed E-state index contributed by atoms with van der Waals surface area (Å²) in [7, 11) is 0. The summed E-state index contributed by atoms with van der Waals surface area (Å²) in [4.78, 5) is 0. The van der Waals surface area contributed by atoms with Crippen molar-refractivity contribution in [2.45, 2.75) is 0 Å². The first-order valence-electron chi connectivity index (χ1n) is 6.73. The first kappa shape index (κ1) is 15.1. The standard InChI is InChI=1S/C16H19ClO3/c17-7-8-18-9-10-19-11-12-20-16-6-5-14-3-1-2-4-15(14)13-16/h1-6,13H,7-12H2. The first-order chi connectivity index (χ1) is 9.90. The lowest BCUT2D eigenvalue weighted by Gasteiger charge is -2.08. The van der Waals surface area contributed by atoms with Crippen molar-refractivity contribution in [3.63, 3.8) is 0 Å². The van der Waals surface area contributed by atoms with Crippen LogP contribution in [0.1, 0.15) is 0 Å². The van der Waals surface area contributed by atoms with Crippen LogP contribution in [0.15, 0.2) is 42.5 Å². The molecule has 4 heteroatoms. The Labute approximate surface area is 124 Å². The van der Waals surface area contributed by atoms with Gasteiger partial charge in [-0.3, -0.25) is 0 Å². The van der Waals surface area contributed by atoms with Crippen LogP contribution in [0.4, 0.5) is 0 Å². The summed E-state index contributed by atoms with van der Waals surface area (Å²) < 4.78 is 16.2. The third kappa shape index (κ3) is 5.00. The van der Waals surface area contributed by atoms with Crippen LogP contribution in [0, 0.1) is 0 Å². The van der Waals surface area contributed by atoms with Gasteiger partial charge in [0, 0.05) is 5.88 Å². The van der Waals surface area contributed by atoms with Crippen molar-refractivity contribution in [3.05, 3.63) is 42.5 Å². The highest BCUT2D eigenvalue weighted by molar-refractivity contribution is 6.17. The molecule has 0 saturated carbocycles. The van der Waals surface area contributed by atoms with E-state index in [2.05, 4.69) is 18.2 Å². The zero-order valence-corrected chi connectivity index (χ0v) is 12.1. The molecular formula is C16H19ClO3. The topological polar surface area (TPSA) is 27.7 Å². The van der Waals surface area contributed by atoms with E-state index >= 15 is 0 Å². The number of halogens is 1. The molecule has 108 valence electrons. The van der Waals surface area contributed by atoms with Gasteiger partial charge in [-0.25, -0.2) is 0 Å². The molecule has 3 nitrogen and oxygen atoms in total. The van der Waals surface area contributed by atoms with Gasteiger partial charge in [0.25, 0.3) is 0 Å². The maximum absolute atomic E-state index is 5.65. The van der Waals surface area contributed by atoms with Crippen LogP contribution >= 0.6 is 11.6 Å². The predicted octanol–water partition coefficient (Wildman–Crippen LogP) is 3.49. The van der Waals surface area contributed by atoms with E-state index in [4.69, 9.17) is 25.8 Å². The highest BCUT2D eigenvalue weighted by Crippen LogP contribution is 2.20. The number of alkyl halides is 1. The number of rotatable bonds is 9. The Morgan fingerprint density at radius 3 is 2.25 bits per heavy atom. The highest BCUT2D eigenvalue weighted by Gasteiger charge is 1.97. The summed E-state index contributed by atoms with van der Waals surface area (Å²) in [6, 6.07) is 14.3. The lowest BCUT2D eigenvalue weighted by Crippen LogP contribution is -2.11. The molecule has 0 aliphatic rings. The van der Waals surface area contributed by atoms with Crippen molar-refractivity contribution in [3.8, 4) is 5.75 Å². The van der Waals surface area contributed by atoms with Gasteiger partial charge in [0.15, 0.2) is 0 Å². The predicted molar refractivity (Wildman–Crippen MR) is 81.8 cm³/mol. The molecule has 2 aromatic carbocycles. The van der Waals surface area contributed by atoms with Gasteiger partial charge in [0.05, 0.1) is 26.4 Å². The molecule has 0 fully saturated rings. The second-order valence-electron chi connectivity index (χ2n) is 4.27. The normalized spacial score (nSPS) is 10.8. The van der Waals surface area contributed by atoms with Crippen molar-refractivity contribution < 1.29 is 14.2 Å². The van der Waals surface area contributed by atoms with Crippen LogP contribution < -0.4 is 4.74 Å². The Hall–Kier alpha value is -1.29. The second-order valence-corrected chi connectivity index (χ2v) is 4.65. The summed E-state index contributed by atoms with van der Waals surface area (Å²) in [5.74, 6) is 1.39. The fourth-order valence-corrected chi connectivity index (χ4v) is 1.96. The van der Waals surface area contributed by atoms with Gasteiger partial charge in [-0.15, -0.1) is 11.6 Å². The second kappa shape index (κ2) is 8.80. The van der Waals surface area contributed by atoms with Gasteiger partial charge < -0.3 is 14.2 Å². The van der Waals surface area contributed by atoms with E-state index in [0.29, 0.717) is 38.9 Å². The van der Waals surface area contributed by atoms with Gasteiger partial charge in [-0.2, -0.15) is 0 Å². The zero-order chi connectivity index (χ0) is 14.0. The fourth-order valence-electron chi connectivity index (χ4n) is 1.85. The molecule has 2 aromatic rings. The van der Waals surface area contributed by atoms with Gasteiger partial charge in [-0.1, -0.05) is 30.3 Å². The number of hydrogen-bond acceptors (Lipinski definition) is 3. The van der Waals surface area contributed by atoms with Crippen LogP contribution in [0.5, 0.6) is 5.75 Å². The van der Waals surface area contributed by atoms with E-state index in [-0.39, 0.29) is 0 Å². The van der Waals surface area contributed by atoms with Crippen molar-refractivity contribution in [1.82, 2.24) is 0 Å². The molecule has 0 atom stereocenters. The van der Waals surface area contributed by atoms with Crippen molar-refractivity contribution in [1.29, 1.82) is 0 Å². The average molecular weight is 295 g/mol. The summed E-state index contributed by atoms with van der Waals surface area (Å²) in [6.45, 7) is 2.80. The van der Waals surface area contributed by atoms with Gasteiger partial charge in [0.2, 0.25) is 0 Å². The molecule has 0 unspecified atom stereocenters. The SMILES string of the molecule is ClCCOCCOCCOc1ccc2ccccc2c1. The molecule has 0 bridgehead atoms. The minimum absolute atomic E-state index is 0.519. The number of fused-ring (bicyclic) bond motifs is 1. The quantitative estimate of drug-likeness (QED) is 0.523. The van der Waals surface area contributed by atoms with E-state index in [1.807, 2.05) is 24.3 Å².